The summed E-state index contributed by atoms with van der Waals surface area (Å²) in [6, 6.07) is 17.4. The number of hydrogen-bond donors (Lipinski definition) is 1. The van der Waals surface area contributed by atoms with E-state index in [0.717, 1.165) is 11.5 Å². The van der Waals surface area contributed by atoms with Crippen LogP contribution < -0.4 is 5.32 Å². The van der Waals surface area contributed by atoms with Crippen molar-refractivity contribution in [1.29, 1.82) is 0 Å². The molecule has 1 saturated heterocycles. The lowest BCUT2D eigenvalue weighted by Crippen LogP contribution is -2.06. The molecule has 1 aliphatic carbocycles. The molecule has 2 heterocycles. The topological polar surface area (TPSA) is 12.0 Å². The molecule has 0 unspecified atom stereocenters. The van der Waals surface area contributed by atoms with Crippen molar-refractivity contribution < 1.29 is 0 Å². The van der Waals surface area contributed by atoms with Gasteiger partial charge in [-0.3, -0.25) is 0 Å². The number of allylic oxidation sites excluding steroid dienone is 4. The zero-order chi connectivity index (χ0) is 19.1. The standard InChI is InChI=1S/C25H23NS2/c1-25(2)13-7-8-17-15-27-24(28-16-18(17)14-25)23-19-9-3-5-11-21(19)26-22-12-6-4-10-20(22)23/h3-14,26H,15-16H2,1-2H3. The Morgan fingerprint density at radius 3 is 2.11 bits per heavy atom. The summed E-state index contributed by atoms with van der Waals surface area (Å²) in [4.78, 5) is 0. The Kier molecular flexibility index (Phi) is 4.53. The van der Waals surface area contributed by atoms with Gasteiger partial charge in [-0.2, -0.15) is 0 Å². The number of anilines is 2. The van der Waals surface area contributed by atoms with Gasteiger partial charge < -0.3 is 5.32 Å². The number of rotatable bonds is 0. The highest BCUT2D eigenvalue weighted by molar-refractivity contribution is 8.22. The van der Waals surface area contributed by atoms with Crippen LogP contribution in [0.1, 0.15) is 25.0 Å². The van der Waals surface area contributed by atoms with Gasteiger partial charge in [0.05, 0.1) is 0 Å². The first-order chi connectivity index (χ1) is 13.6. The minimum absolute atomic E-state index is 0.115. The van der Waals surface area contributed by atoms with E-state index in [1.165, 1.54) is 43.5 Å². The molecule has 2 aromatic carbocycles. The van der Waals surface area contributed by atoms with Crippen LogP contribution in [0, 0.1) is 5.41 Å². The average Bonchev–Trinajstić information content (AvgIpc) is 2.96. The Morgan fingerprint density at radius 2 is 1.43 bits per heavy atom. The van der Waals surface area contributed by atoms with Crippen molar-refractivity contribution in [3.05, 3.63) is 99.3 Å². The molecule has 0 aromatic heterocycles. The van der Waals surface area contributed by atoms with Crippen molar-refractivity contribution in [2.45, 2.75) is 13.8 Å². The molecule has 3 heteroatoms. The van der Waals surface area contributed by atoms with Gasteiger partial charge in [0.15, 0.2) is 0 Å². The summed E-state index contributed by atoms with van der Waals surface area (Å²) < 4.78 is 1.43. The minimum atomic E-state index is 0.115. The molecule has 1 fully saturated rings. The predicted octanol–water partition coefficient (Wildman–Crippen LogP) is 7.39. The van der Waals surface area contributed by atoms with Crippen LogP contribution >= 0.6 is 23.5 Å². The van der Waals surface area contributed by atoms with Gasteiger partial charge in [-0.25, -0.2) is 0 Å². The first-order valence-electron chi connectivity index (χ1n) is 9.67. The fourth-order valence-electron chi connectivity index (χ4n) is 3.99. The van der Waals surface area contributed by atoms with E-state index in [0.29, 0.717) is 0 Å². The second kappa shape index (κ2) is 7.06. The van der Waals surface area contributed by atoms with Crippen molar-refractivity contribution in [2.24, 2.45) is 5.41 Å². The van der Waals surface area contributed by atoms with Crippen LogP contribution in [0.5, 0.6) is 0 Å². The molecule has 0 bridgehead atoms. The number of para-hydroxylation sites is 2. The highest BCUT2D eigenvalue weighted by Gasteiger charge is 2.26. The highest BCUT2D eigenvalue weighted by atomic mass is 32.2. The van der Waals surface area contributed by atoms with Gasteiger partial charge in [0.25, 0.3) is 0 Å². The lowest BCUT2D eigenvalue weighted by atomic mass is 9.91. The Balaban J connectivity index is 1.63. The Morgan fingerprint density at radius 1 is 0.821 bits per heavy atom. The Labute approximate surface area is 175 Å². The van der Waals surface area contributed by atoms with Gasteiger partial charge in [0.1, 0.15) is 0 Å². The van der Waals surface area contributed by atoms with Crippen molar-refractivity contribution in [1.82, 2.24) is 0 Å². The van der Waals surface area contributed by atoms with E-state index in [9.17, 15) is 0 Å². The summed E-state index contributed by atoms with van der Waals surface area (Å²) in [7, 11) is 0. The third-order valence-corrected chi connectivity index (χ3v) is 7.92. The van der Waals surface area contributed by atoms with E-state index in [1.807, 2.05) is 23.5 Å². The Bertz CT molecular complexity index is 1020. The molecule has 1 nitrogen and oxygen atoms in total. The summed E-state index contributed by atoms with van der Waals surface area (Å²) in [6.07, 6.45) is 9.30. The van der Waals surface area contributed by atoms with Crippen molar-refractivity contribution >= 4 is 40.5 Å². The van der Waals surface area contributed by atoms with Crippen LogP contribution in [0.2, 0.25) is 0 Å². The van der Waals surface area contributed by atoms with Crippen molar-refractivity contribution in [3.63, 3.8) is 0 Å². The van der Waals surface area contributed by atoms with Gasteiger partial charge in [0, 0.05) is 49.2 Å². The Hall–Kier alpha value is -2.10. The molecule has 0 spiro atoms. The summed E-state index contributed by atoms with van der Waals surface area (Å²) in [5.41, 5.74) is 9.46. The van der Waals surface area contributed by atoms with E-state index in [-0.39, 0.29) is 5.41 Å². The molecule has 3 aliphatic rings. The molecule has 1 N–H and O–H groups in total. The van der Waals surface area contributed by atoms with Crippen LogP contribution in [0.4, 0.5) is 11.4 Å². The van der Waals surface area contributed by atoms with Crippen LogP contribution in [-0.4, -0.2) is 11.5 Å². The molecular weight excluding hydrogens is 378 g/mol. The number of hydrogen-bond acceptors (Lipinski definition) is 3. The first-order valence-corrected chi connectivity index (χ1v) is 11.6. The van der Waals surface area contributed by atoms with Crippen LogP contribution in [-0.2, 0) is 0 Å². The summed E-state index contributed by atoms with van der Waals surface area (Å²) in [5.74, 6) is 2.05. The third-order valence-electron chi connectivity index (χ3n) is 5.37. The normalized spacial score (nSPS) is 19.9. The van der Waals surface area contributed by atoms with Crippen molar-refractivity contribution in [2.75, 3.05) is 16.8 Å². The van der Waals surface area contributed by atoms with Crippen molar-refractivity contribution in [3.8, 4) is 0 Å². The molecule has 0 amide bonds. The molecule has 28 heavy (non-hydrogen) atoms. The second-order valence-corrected chi connectivity index (χ2v) is 10.2. The molecule has 0 saturated carbocycles. The van der Waals surface area contributed by atoms with Crippen LogP contribution in [0.15, 0.2) is 88.2 Å². The van der Waals surface area contributed by atoms with E-state index in [4.69, 9.17) is 0 Å². The smallest absolute Gasteiger partial charge is 0.0494 e. The number of fused-ring (bicyclic) bond motifs is 3. The van der Waals surface area contributed by atoms with Crippen LogP contribution in [0.25, 0.3) is 5.57 Å². The largest absolute Gasteiger partial charge is 0.355 e. The summed E-state index contributed by atoms with van der Waals surface area (Å²) in [6.45, 7) is 4.57. The fourth-order valence-corrected chi connectivity index (χ4v) is 6.53. The maximum absolute atomic E-state index is 3.61. The summed E-state index contributed by atoms with van der Waals surface area (Å²) >= 11 is 3.98. The highest BCUT2D eigenvalue weighted by Crippen LogP contribution is 2.50. The molecular formula is C25H23NS2. The third kappa shape index (κ3) is 3.27. The van der Waals surface area contributed by atoms with Gasteiger partial charge in [0.2, 0.25) is 0 Å². The molecule has 0 radical (unpaired) electrons. The van der Waals surface area contributed by atoms with Crippen LogP contribution in [0.3, 0.4) is 0 Å². The van der Waals surface area contributed by atoms with Gasteiger partial charge in [-0.05, 0) is 23.3 Å². The average molecular weight is 402 g/mol. The van der Waals surface area contributed by atoms with E-state index in [2.05, 4.69) is 92.0 Å². The lowest BCUT2D eigenvalue weighted by Gasteiger charge is -2.26. The molecule has 2 aromatic rings. The SMILES string of the molecule is CC1(C)C=CC=C2CSC(=C3c4ccccc4Nc4ccccc43)SCC2=C1. The quantitative estimate of drug-likeness (QED) is 0.422. The maximum atomic E-state index is 3.61. The molecule has 5 rings (SSSR count). The first kappa shape index (κ1) is 18.0. The number of benzene rings is 2. The molecule has 2 aliphatic heterocycles. The number of nitrogens with one attached hydrogen (secondary N) is 1. The maximum Gasteiger partial charge on any atom is 0.0494 e. The second-order valence-electron chi connectivity index (χ2n) is 8.00. The van der Waals surface area contributed by atoms with E-state index in [1.54, 1.807) is 0 Å². The molecule has 140 valence electrons. The zero-order valence-corrected chi connectivity index (χ0v) is 17.8. The summed E-state index contributed by atoms with van der Waals surface area (Å²) in [5, 5.41) is 3.61. The zero-order valence-electron chi connectivity index (χ0n) is 16.2. The monoisotopic (exact) mass is 401 g/mol. The number of thioether (sulfide) groups is 2. The van der Waals surface area contributed by atoms with Gasteiger partial charge in [-0.15, -0.1) is 23.5 Å². The van der Waals surface area contributed by atoms with Gasteiger partial charge in [-0.1, -0.05) is 74.5 Å². The fraction of sp³-hybridized carbons (Fsp3) is 0.200. The van der Waals surface area contributed by atoms with E-state index < -0.39 is 0 Å². The van der Waals surface area contributed by atoms with Gasteiger partial charge >= 0.3 is 0 Å². The predicted molar refractivity (Wildman–Crippen MR) is 126 cm³/mol. The lowest BCUT2D eigenvalue weighted by molar-refractivity contribution is 0.623. The molecule has 0 atom stereocenters. The minimum Gasteiger partial charge on any atom is -0.355 e. The van der Waals surface area contributed by atoms with E-state index >= 15 is 0 Å².